The second-order valence-electron chi connectivity index (χ2n) is 4.40. The van der Waals surface area contributed by atoms with Crippen LogP contribution in [-0.2, 0) is 6.42 Å². The fourth-order valence-corrected chi connectivity index (χ4v) is 1.94. The number of rotatable bonds is 9. The van der Waals surface area contributed by atoms with Crippen molar-refractivity contribution in [1.29, 1.82) is 0 Å². The first-order valence-electron chi connectivity index (χ1n) is 6.82. The van der Waals surface area contributed by atoms with Gasteiger partial charge in [-0.2, -0.15) is 0 Å². The Hall–Kier alpha value is -1.22. The summed E-state index contributed by atoms with van der Waals surface area (Å²) >= 11 is 0. The van der Waals surface area contributed by atoms with E-state index in [0.29, 0.717) is 6.54 Å². The van der Waals surface area contributed by atoms with E-state index in [0.717, 1.165) is 36.5 Å². The topological polar surface area (TPSA) is 44.5 Å². The molecule has 102 valence electrons. The molecular formula is C15H25NO2. The summed E-state index contributed by atoms with van der Waals surface area (Å²) in [5, 5.41) is 0. The van der Waals surface area contributed by atoms with Crippen molar-refractivity contribution in [2.45, 2.75) is 39.0 Å². The zero-order valence-electron chi connectivity index (χ0n) is 11.6. The number of nitrogens with two attached hydrogens (primary N) is 1. The highest BCUT2D eigenvalue weighted by Crippen LogP contribution is 2.31. The number of hydrogen-bond donors (Lipinski definition) is 1. The van der Waals surface area contributed by atoms with Gasteiger partial charge in [0.1, 0.15) is 0 Å². The molecule has 1 aromatic carbocycles. The summed E-state index contributed by atoms with van der Waals surface area (Å²) < 4.78 is 11.2. The van der Waals surface area contributed by atoms with Gasteiger partial charge in [-0.05, 0) is 31.0 Å². The van der Waals surface area contributed by atoms with Crippen molar-refractivity contribution in [2.75, 3.05) is 20.3 Å². The molecule has 0 atom stereocenters. The van der Waals surface area contributed by atoms with Gasteiger partial charge in [-0.15, -0.1) is 0 Å². The minimum absolute atomic E-state index is 0.624. The number of benzene rings is 1. The Morgan fingerprint density at radius 1 is 1.17 bits per heavy atom. The lowest BCUT2D eigenvalue weighted by Gasteiger charge is -2.14. The van der Waals surface area contributed by atoms with Crippen LogP contribution in [0.1, 0.15) is 38.2 Å². The first kappa shape index (κ1) is 14.8. The maximum absolute atomic E-state index is 5.88. The first-order valence-corrected chi connectivity index (χ1v) is 6.82. The van der Waals surface area contributed by atoms with E-state index in [1.54, 1.807) is 7.11 Å². The van der Waals surface area contributed by atoms with Gasteiger partial charge in [-0.3, -0.25) is 0 Å². The summed E-state index contributed by atoms with van der Waals surface area (Å²) in [4.78, 5) is 0. The molecule has 0 spiro atoms. The predicted molar refractivity (Wildman–Crippen MR) is 75.4 cm³/mol. The van der Waals surface area contributed by atoms with E-state index in [1.165, 1.54) is 19.3 Å². The highest BCUT2D eigenvalue weighted by molar-refractivity contribution is 5.46. The standard InChI is InChI=1S/C15H25NO2/c1-3-4-5-6-12-18-15-13(10-11-16)8-7-9-14(15)17-2/h7-9H,3-6,10-12,16H2,1-2H3. The monoisotopic (exact) mass is 251 g/mol. The van der Waals surface area contributed by atoms with Crippen LogP contribution in [0.4, 0.5) is 0 Å². The van der Waals surface area contributed by atoms with Crippen LogP contribution in [0.25, 0.3) is 0 Å². The van der Waals surface area contributed by atoms with E-state index in [4.69, 9.17) is 15.2 Å². The van der Waals surface area contributed by atoms with Gasteiger partial charge in [0, 0.05) is 0 Å². The van der Waals surface area contributed by atoms with Crippen LogP contribution >= 0.6 is 0 Å². The molecule has 3 heteroatoms. The number of unbranched alkanes of at least 4 members (excludes halogenated alkanes) is 3. The number of ether oxygens (including phenoxy) is 2. The third kappa shape index (κ3) is 4.57. The van der Waals surface area contributed by atoms with Gasteiger partial charge in [-0.25, -0.2) is 0 Å². The molecule has 18 heavy (non-hydrogen) atoms. The lowest BCUT2D eigenvalue weighted by molar-refractivity contribution is 0.282. The third-order valence-corrected chi connectivity index (χ3v) is 2.94. The summed E-state index contributed by atoms with van der Waals surface area (Å²) in [5.74, 6) is 1.67. The van der Waals surface area contributed by atoms with Crippen LogP contribution in [0.5, 0.6) is 11.5 Å². The smallest absolute Gasteiger partial charge is 0.164 e. The molecule has 0 aliphatic carbocycles. The van der Waals surface area contributed by atoms with Crippen molar-refractivity contribution in [3.8, 4) is 11.5 Å². The highest BCUT2D eigenvalue weighted by Gasteiger charge is 2.09. The molecule has 0 amide bonds. The van der Waals surface area contributed by atoms with Gasteiger partial charge < -0.3 is 15.2 Å². The van der Waals surface area contributed by atoms with Gasteiger partial charge in [0.25, 0.3) is 0 Å². The predicted octanol–water partition coefficient (Wildman–Crippen LogP) is 3.16. The van der Waals surface area contributed by atoms with Crippen molar-refractivity contribution < 1.29 is 9.47 Å². The second kappa shape index (κ2) is 8.81. The van der Waals surface area contributed by atoms with Gasteiger partial charge in [0.15, 0.2) is 11.5 Å². The summed E-state index contributed by atoms with van der Waals surface area (Å²) in [6.07, 6.45) is 5.64. The Bertz CT molecular complexity index is 339. The lowest BCUT2D eigenvalue weighted by atomic mass is 10.1. The van der Waals surface area contributed by atoms with Crippen molar-refractivity contribution in [2.24, 2.45) is 5.73 Å². The van der Waals surface area contributed by atoms with E-state index >= 15 is 0 Å². The van der Waals surface area contributed by atoms with Crippen LogP contribution in [0.3, 0.4) is 0 Å². The maximum Gasteiger partial charge on any atom is 0.164 e. The van der Waals surface area contributed by atoms with Gasteiger partial charge in [-0.1, -0.05) is 38.3 Å². The van der Waals surface area contributed by atoms with Gasteiger partial charge in [0.05, 0.1) is 13.7 Å². The van der Waals surface area contributed by atoms with Crippen LogP contribution in [0, 0.1) is 0 Å². The molecule has 0 unspecified atom stereocenters. The van der Waals surface area contributed by atoms with Crippen molar-refractivity contribution >= 4 is 0 Å². The second-order valence-corrected chi connectivity index (χ2v) is 4.40. The molecule has 1 rings (SSSR count). The van der Waals surface area contributed by atoms with Crippen LogP contribution < -0.4 is 15.2 Å². The molecule has 0 aliphatic rings. The van der Waals surface area contributed by atoms with E-state index in [1.807, 2.05) is 12.1 Å². The molecular weight excluding hydrogens is 226 g/mol. The maximum atomic E-state index is 5.88. The van der Waals surface area contributed by atoms with Crippen LogP contribution in [0.15, 0.2) is 18.2 Å². The summed E-state index contributed by atoms with van der Waals surface area (Å²) in [6, 6.07) is 5.96. The van der Waals surface area contributed by atoms with Crippen LogP contribution in [0.2, 0.25) is 0 Å². The van der Waals surface area contributed by atoms with Crippen molar-refractivity contribution in [1.82, 2.24) is 0 Å². The Labute approximate surface area is 110 Å². The molecule has 0 bridgehead atoms. The average Bonchev–Trinajstić information content (AvgIpc) is 2.40. The molecule has 0 aromatic heterocycles. The van der Waals surface area contributed by atoms with E-state index in [-0.39, 0.29) is 0 Å². The minimum atomic E-state index is 0.624. The Morgan fingerprint density at radius 2 is 2.00 bits per heavy atom. The number of hydrogen-bond acceptors (Lipinski definition) is 3. The van der Waals surface area contributed by atoms with E-state index in [2.05, 4.69) is 13.0 Å². The molecule has 0 saturated carbocycles. The SMILES string of the molecule is CCCCCCOc1c(CCN)cccc1OC. The third-order valence-electron chi connectivity index (χ3n) is 2.94. The molecule has 0 heterocycles. The molecule has 0 aliphatic heterocycles. The summed E-state index contributed by atoms with van der Waals surface area (Å²) in [5.41, 5.74) is 6.75. The van der Waals surface area contributed by atoms with Gasteiger partial charge in [0.2, 0.25) is 0 Å². The fourth-order valence-electron chi connectivity index (χ4n) is 1.94. The molecule has 3 nitrogen and oxygen atoms in total. The summed E-state index contributed by atoms with van der Waals surface area (Å²) in [7, 11) is 1.67. The summed E-state index contributed by atoms with van der Waals surface area (Å²) in [6.45, 7) is 3.58. The van der Waals surface area contributed by atoms with Crippen LogP contribution in [-0.4, -0.2) is 20.3 Å². The molecule has 0 fully saturated rings. The molecule has 1 aromatic rings. The molecule has 0 saturated heterocycles. The highest BCUT2D eigenvalue weighted by atomic mass is 16.5. The van der Waals surface area contributed by atoms with E-state index in [9.17, 15) is 0 Å². The average molecular weight is 251 g/mol. The fraction of sp³-hybridized carbons (Fsp3) is 0.600. The normalized spacial score (nSPS) is 10.4. The Balaban J connectivity index is 2.60. The minimum Gasteiger partial charge on any atom is -0.493 e. The van der Waals surface area contributed by atoms with Crippen molar-refractivity contribution in [3.63, 3.8) is 0 Å². The lowest BCUT2D eigenvalue weighted by Crippen LogP contribution is -2.07. The number of para-hydroxylation sites is 1. The Kier molecular flexibility index (Phi) is 7.26. The molecule has 0 radical (unpaired) electrons. The van der Waals surface area contributed by atoms with E-state index < -0.39 is 0 Å². The zero-order valence-corrected chi connectivity index (χ0v) is 11.6. The Morgan fingerprint density at radius 3 is 2.67 bits per heavy atom. The van der Waals surface area contributed by atoms with Crippen molar-refractivity contribution in [3.05, 3.63) is 23.8 Å². The quantitative estimate of drug-likeness (QED) is 0.686. The number of methoxy groups -OCH3 is 1. The largest absolute Gasteiger partial charge is 0.493 e. The first-order chi connectivity index (χ1) is 8.83. The van der Waals surface area contributed by atoms with Gasteiger partial charge >= 0.3 is 0 Å². The molecule has 2 N–H and O–H groups in total. The zero-order chi connectivity index (χ0) is 13.2.